The van der Waals surface area contributed by atoms with E-state index in [0.717, 1.165) is 21.3 Å². The van der Waals surface area contributed by atoms with Crippen molar-refractivity contribution in [1.82, 2.24) is 24.7 Å². The molecule has 3 heterocycles. The highest BCUT2D eigenvalue weighted by atomic mass is 32.1. The first-order valence-electron chi connectivity index (χ1n) is 9.50. The van der Waals surface area contributed by atoms with Gasteiger partial charge in [0.25, 0.3) is 5.91 Å². The Kier molecular flexibility index (Phi) is 4.59. The van der Waals surface area contributed by atoms with Gasteiger partial charge in [-0.05, 0) is 36.8 Å². The maximum Gasteiger partial charge on any atom is 0.331 e. The highest BCUT2D eigenvalue weighted by Crippen LogP contribution is 2.24. The predicted octanol–water partition coefficient (Wildman–Crippen LogP) is 3.93. The largest absolute Gasteiger partial charge is 0.344 e. The summed E-state index contributed by atoms with van der Waals surface area (Å²) in [5, 5.41) is 2.82. The van der Waals surface area contributed by atoms with Crippen LogP contribution in [0.15, 0.2) is 65.0 Å². The van der Waals surface area contributed by atoms with Gasteiger partial charge in [0, 0.05) is 17.8 Å². The van der Waals surface area contributed by atoms with Crippen LogP contribution < -0.4 is 11.0 Å². The number of nitrogens with zero attached hydrogens (tertiary/aromatic N) is 3. The molecule has 2 aromatic carbocycles. The molecule has 0 radical (unpaired) electrons. The first-order valence-corrected chi connectivity index (χ1v) is 10.4. The Hall–Kier alpha value is -3.85. The standard InChI is InChI=1S/C22H16FN5O2S/c1-12(13-2-5-15(23)6-3-13)25-21(29)18-10-28-20(26-18)9-16(27-22(28)30)14-4-7-19-17(8-14)24-11-31-19/h2-12H,1H3,(H,25,29)(H,27,30)/t12-/m1/s1. The molecule has 5 rings (SSSR count). The molecule has 9 heteroatoms. The molecular weight excluding hydrogens is 417 g/mol. The highest BCUT2D eigenvalue weighted by Gasteiger charge is 2.16. The number of aromatic nitrogens is 4. The summed E-state index contributed by atoms with van der Waals surface area (Å²) in [5.41, 5.74) is 4.85. The molecule has 7 nitrogen and oxygen atoms in total. The lowest BCUT2D eigenvalue weighted by atomic mass is 10.1. The van der Waals surface area contributed by atoms with Gasteiger partial charge in [-0.3, -0.25) is 9.20 Å². The fourth-order valence-corrected chi connectivity index (χ4v) is 4.05. The molecule has 0 fully saturated rings. The quantitative estimate of drug-likeness (QED) is 0.449. The number of imidazole rings is 1. The third kappa shape index (κ3) is 3.59. The minimum atomic E-state index is -0.426. The maximum atomic E-state index is 13.1. The smallest absolute Gasteiger partial charge is 0.331 e. The number of halogens is 1. The van der Waals surface area contributed by atoms with Gasteiger partial charge in [0.1, 0.15) is 17.2 Å². The third-order valence-corrected chi connectivity index (χ3v) is 5.87. The van der Waals surface area contributed by atoms with Crippen LogP contribution in [0.5, 0.6) is 0 Å². The molecule has 0 spiro atoms. The van der Waals surface area contributed by atoms with Crippen LogP contribution in [-0.4, -0.2) is 25.3 Å². The molecule has 154 valence electrons. The van der Waals surface area contributed by atoms with Crippen molar-refractivity contribution in [2.75, 3.05) is 0 Å². The minimum Gasteiger partial charge on any atom is -0.344 e. The molecule has 1 atom stereocenters. The van der Waals surface area contributed by atoms with Crippen molar-refractivity contribution in [3.63, 3.8) is 0 Å². The normalized spacial score (nSPS) is 12.3. The minimum absolute atomic E-state index is 0.117. The number of hydrogen-bond donors (Lipinski definition) is 2. The number of hydrogen-bond acceptors (Lipinski definition) is 5. The number of fused-ring (bicyclic) bond motifs is 2. The van der Waals surface area contributed by atoms with Crippen molar-refractivity contribution >= 4 is 33.1 Å². The Morgan fingerprint density at radius 1 is 1.19 bits per heavy atom. The summed E-state index contributed by atoms with van der Waals surface area (Å²) in [6.45, 7) is 1.79. The van der Waals surface area contributed by atoms with Crippen molar-refractivity contribution in [3.05, 3.63) is 87.8 Å². The Labute approximate surface area is 179 Å². The Morgan fingerprint density at radius 3 is 2.81 bits per heavy atom. The summed E-state index contributed by atoms with van der Waals surface area (Å²) in [5.74, 6) is -0.767. The van der Waals surface area contributed by atoms with Crippen LogP contribution in [0.1, 0.15) is 29.0 Å². The summed E-state index contributed by atoms with van der Waals surface area (Å²) >= 11 is 1.54. The van der Waals surface area contributed by atoms with Crippen LogP contribution in [0, 0.1) is 5.82 Å². The lowest BCUT2D eigenvalue weighted by molar-refractivity contribution is 0.0935. The number of rotatable bonds is 4. The predicted molar refractivity (Wildman–Crippen MR) is 117 cm³/mol. The summed E-state index contributed by atoms with van der Waals surface area (Å²) in [7, 11) is 0. The van der Waals surface area contributed by atoms with E-state index in [-0.39, 0.29) is 17.6 Å². The number of amides is 1. The number of benzene rings is 2. The molecule has 0 bridgehead atoms. The molecule has 0 aliphatic carbocycles. The second-order valence-corrected chi connectivity index (χ2v) is 8.01. The van der Waals surface area contributed by atoms with E-state index < -0.39 is 11.6 Å². The van der Waals surface area contributed by atoms with Gasteiger partial charge in [-0.25, -0.2) is 19.2 Å². The van der Waals surface area contributed by atoms with Gasteiger partial charge in [-0.1, -0.05) is 18.2 Å². The number of aromatic amines is 1. The van der Waals surface area contributed by atoms with E-state index >= 15 is 0 Å². The SMILES string of the molecule is C[C@@H](NC(=O)c1cn2c(=O)[nH]c(-c3ccc4scnc4c3)cc2n1)c1ccc(F)cc1. The molecule has 0 aliphatic rings. The zero-order valence-electron chi connectivity index (χ0n) is 16.3. The Bertz CT molecular complexity index is 1490. The number of carbonyl (C=O) groups excluding carboxylic acids is 1. The summed E-state index contributed by atoms with van der Waals surface area (Å²) in [6, 6.07) is 13.0. The molecule has 1 amide bonds. The molecule has 3 aromatic heterocycles. The number of nitrogens with one attached hydrogen (secondary N) is 2. The molecule has 0 saturated carbocycles. The van der Waals surface area contributed by atoms with E-state index in [1.807, 2.05) is 18.2 Å². The summed E-state index contributed by atoms with van der Waals surface area (Å²) in [4.78, 5) is 36.7. The van der Waals surface area contributed by atoms with E-state index in [9.17, 15) is 14.0 Å². The molecule has 5 aromatic rings. The van der Waals surface area contributed by atoms with Crippen molar-refractivity contribution in [2.45, 2.75) is 13.0 Å². The first kappa shape index (κ1) is 19.1. The van der Waals surface area contributed by atoms with Crippen molar-refractivity contribution in [2.24, 2.45) is 0 Å². The van der Waals surface area contributed by atoms with E-state index in [0.29, 0.717) is 11.3 Å². The second-order valence-electron chi connectivity index (χ2n) is 7.12. The number of thiazole rings is 1. The molecule has 0 saturated heterocycles. The van der Waals surface area contributed by atoms with Crippen LogP contribution in [0.25, 0.3) is 27.1 Å². The first-order chi connectivity index (χ1) is 15.0. The lowest BCUT2D eigenvalue weighted by Crippen LogP contribution is -2.27. The van der Waals surface area contributed by atoms with Gasteiger partial charge in [0.15, 0.2) is 0 Å². The van der Waals surface area contributed by atoms with Crippen LogP contribution in [0.3, 0.4) is 0 Å². The Balaban J connectivity index is 1.45. The lowest BCUT2D eigenvalue weighted by Gasteiger charge is -2.13. The zero-order chi connectivity index (χ0) is 21.5. The number of H-pyrrole nitrogens is 1. The zero-order valence-corrected chi connectivity index (χ0v) is 17.1. The average Bonchev–Trinajstić information content (AvgIpc) is 3.40. The summed E-state index contributed by atoms with van der Waals surface area (Å²) < 4.78 is 15.5. The van der Waals surface area contributed by atoms with Crippen molar-refractivity contribution < 1.29 is 9.18 Å². The molecule has 0 unspecified atom stereocenters. The van der Waals surface area contributed by atoms with Crippen molar-refractivity contribution in [1.29, 1.82) is 0 Å². The van der Waals surface area contributed by atoms with E-state index in [1.54, 1.807) is 42.0 Å². The van der Waals surface area contributed by atoms with Gasteiger partial charge in [-0.15, -0.1) is 11.3 Å². The molecular formula is C22H16FN5O2S. The van der Waals surface area contributed by atoms with Gasteiger partial charge in [-0.2, -0.15) is 0 Å². The van der Waals surface area contributed by atoms with Crippen LogP contribution in [0.4, 0.5) is 4.39 Å². The monoisotopic (exact) mass is 433 g/mol. The fourth-order valence-electron chi connectivity index (χ4n) is 3.40. The van der Waals surface area contributed by atoms with Gasteiger partial charge in [0.05, 0.1) is 27.5 Å². The van der Waals surface area contributed by atoms with Crippen molar-refractivity contribution in [3.8, 4) is 11.3 Å². The topological polar surface area (TPSA) is 92.2 Å². The van der Waals surface area contributed by atoms with Gasteiger partial charge < -0.3 is 10.3 Å². The Morgan fingerprint density at radius 2 is 2.00 bits per heavy atom. The van der Waals surface area contributed by atoms with Crippen LogP contribution >= 0.6 is 11.3 Å². The van der Waals surface area contributed by atoms with Crippen LogP contribution in [0.2, 0.25) is 0 Å². The van der Waals surface area contributed by atoms with E-state index in [2.05, 4.69) is 20.3 Å². The van der Waals surface area contributed by atoms with E-state index in [1.165, 1.54) is 22.7 Å². The van der Waals surface area contributed by atoms with Gasteiger partial charge >= 0.3 is 5.69 Å². The average molecular weight is 433 g/mol. The second kappa shape index (κ2) is 7.44. The highest BCUT2D eigenvalue weighted by molar-refractivity contribution is 7.16. The third-order valence-electron chi connectivity index (χ3n) is 5.06. The van der Waals surface area contributed by atoms with E-state index in [4.69, 9.17) is 0 Å². The molecule has 0 aliphatic heterocycles. The fraction of sp³-hybridized carbons (Fsp3) is 0.0909. The molecule has 2 N–H and O–H groups in total. The number of carbonyl (C=O) groups is 1. The van der Waals surface area contributed by atoms with Crippen LogP contribution in [-0.2, 0) is 0 Å². The maximum absolute atomic E-state index is 13.1. The van der Waals surface area contributed by atoms with Gasteiger partial charge in [0.2, 0.25) is 0 Å². The summed E-state index contributed by atoms with van der Waals surface area (Å²) in [6.07, 6.45) is 1.40. The molecule has 31 heavy (non-hydrogen) atoms.